The second kappa shape index (κ2) is 13.2. The molecular formula is C34H43N3O9. The summed E-state index contributed by atoms with van der Waals surface area (Å²) in [4.78, 5) is 36.9. The quantitative estimate of drug-likeness (QED) is 0.156. The Balaban J connectivity index is 0.988. The zero-order valence-electron chi connectivity index (χ0n) is 26.5. The average molecular weight is 638 g/mol. The van der Waals surface area contributed by atoms with Crippen LogP contribution in [0.2, 0.25) is 0 Å². The minimum Gasteiger partial charge on any atom is -0.456 e. The summed E-state index contributed by atoms with van der Waals surface area (Å²) < 4.78 is 29.5. The largest absolute Gasteiger partial charge is 0.508 e. The number of carbonyl (C=O) groups is 3. The maximum atomic E-state index is 12.5. The van der Waals surface area contributed by atoms with Crippen LogP contribution in [0.1, 0.15) is 70.9 Å². The van der Waals surface area contributed by atoms with E-state index in [4.69, 9.17) is 23.7 Å². The zero-order valence-corrected chi connectivity index (χ0v) is 26.5. The average Bonchev–Trinajstić information content (AvgIpc) is 3.24. The first-order valence-electron chi connectivity index (χ1n) is 16.2. The van der Waals surface area contributed by atoms with Crippen molar-refractivity contribution in [1.29, 1.82) is 0 Å². The van der Waals surface area contributed by atoms with Crippen LogP contribution in [0.5, 0.6) is 0 Å². The molecule has 248 valence electrons. The number of hydrogen-bond acceptors (Lipinski definition) is 11. The smallest absolute Gasteiger partial charge is 0.456 e. The zero-order chi connectivity index (χ0) is 32.6. The van der Waals surface area contributed by atoms with E-state index in [1.54, 1.807) is 10.9 Å². The van der Waals surface area contributed by atoms with Gasteiger partial charge in [-0.15, -0.1) is 5.10 Å². The number of aliphatic hydroxyl groups excluding tert-OH is 1. The molecule has 12 heteroatoms. The monoisotopic (exact) mass is 637 g/mol. The molecule has 0 radical (unpaired) electrons. The number of aliphatic hydroxyl groups is 1. The van der Waals surface area contributed by atoms with Crippen molar-refractivity contribution in [2.75, 3.05) is 6.61 Å². The molecule has 3 saturated heterocycles. The molecular weight excluding hydrogens is 594 g/mol. The normalized spacial score (nSPS) is 36.9. The number of nitrogens with zero attached hydrogens (tertiary/aromatic N) is 3. The molecule has 0 amide bonds. The fourth-order valence-corrected chi connectivity index (χ4v) is 7.18. The fraction of sp³-hybridized carbons (Fsp3) is 0.618. The van der Waals surface area contributed by atoms with Gasteiger partial charge in [-0.3, -0.25) is 0 Å². The van der Waals surface area contributed by atoms with Crippen molar-refractivity contribution in [3.05, 3.63) is 59.5 Å². The number of rotatable bonds is 6. The highest BCUT2D eigenvalue weighted by Crippen LogP contribution is 2.49. The van der Waals surface area contributed by atoms with Gasteiger partial charge < -0.3 is 28.8 Å². The number of aromatic nitrogens is 3. The van der Waals surface area contributed by atoms with Crippen molar-refractivity contribution in [3.63, 3.8) is 0 Å². The lowest BCUT2D eigenvalue weighted by Gasteiger charge is -2.28. The molecule has 46 heavy (non-hydrogen) atoms. The molecule has 3 fully saturated rings. The van der Waals surface area contributed by atoms with Gasteiger partial charge in [0.15, 0.2) is 0 Å². The van der Waals surface area contributed by atoms with Gasteiger partial charge in [-0.25, -0.2) is 19.1 Å². The molecule has 1 aromatic heterocycles. The fourth-order valence-electron chi connectivity index (χ4n) is 7.18. The van der Waals surface area contributed by atoms with Gasteiger partial charge in [0.05, 0.1) is 24.4 Å². The van der Waals surface area contributed by atoms with Crippen molar-refractivity contribution in [3.8, 4) is 0 Å². The second-order valence-electron chi connectivity index (χ2n) is 13.5. The van der Waals surface area contributed by atoms with Crippen LogP contribution in [0.3, 0.4) is 0 Å². The van der Waals surface area contributed by atoms with Gasteiger partial charge in [-0.1, -0.05) is 43.0 Å². The third kappa shape index (κ3) is 6.83. The van der Waals surface area contributed by atoms with E-state index in [2.05, 4.69) is 35.6 Å². The third-order valence-electron chi connectivity index (χ3n) is 10.2. The second-order valence-corrected chi connectivity index (χ2v) is 13.5. The molecule has 4 heterocycles. The van der Waals surface area contributed by atoms with E-state index >= 15 is 0 Å². The van der Waals surface area contributed by atoms with Crippen LogP contribution in [0, 0.1) is 17.8 Å². The van der Waals surface area contributed by atoms with Gasteiger partial charge in [-0.05, 0) is 69.8 Å². The molecule has 0 saturated carbocycles. The van der Waals surface area contributed by atoms with E-state index in [-0.39, 0.29) is 54.7 Å². The van der Waals surface area contributed by atoms with Crippen LogP contribution < -0.4 is 0 Å². The SMILES string of the molecule is C=C1C(=O)O[C@@H]2[C@H](O)[C@@H](C)CC/C=C(/Cn3cc(COC(=O)OC/C4=C/CC[C@@]5(C)O[C@H]5[C@H]5OC(=O)C(=C)[C@@H]5CC4)nn3)CC[C@@H]12. The van der Waals surface area contributed by atoms with Crippen LogP contribution in [-0.2, 0) is 46.4 Å². The molecule has 5 aliphatic rings. The molecule has 2 aliphatic carbocycles. The number of epoxide rings is 1. The molecule has 6 rings (SSSR count). The molecule has 1 aromatic rings. The maximum absolute atomic E-state index is 12.5. The highest BCUT2D eigenvalue weighted by molar-refractivity contribution is 5.91. The lowest BCUT2D eigenvalue weighted by Crippen LogP contribution is -2.37. The number of hydrogen-bond donors (Lipinski definition) is 1. The maximum Gasteiger partial charge on any atom is 0.508 e. The van der Waals surface area contributed by atoms with Gasteiger partial charge in [0.25, 0.3) is 0 Å². The Morgan fingerprint density at radius 3 is 2.41 bits per heavy atom. The van der Waals surface area contributed by atoms with Gasteiger partial charge in [0.2, 0.25) is 0 Å². The summed E-state index contributed by atoms with van der Waals surface area (Å²) in [6.07, 6.45) is 9.13. The summed E-state index contributed by atoms with van der Waals surface area (Å²) in [6, 6.07) is 0. The predicted molar refractivity (Wildman–Crippen MR) is 163 cm³/mol. The molecule has 12 nitrogen and oxygen atoms in total. The topological polar surface area (TPSA) is 152 Å². The van der Waals surface area contributed by atoms with E-state index in [1.165, 1.54) is 0 Å². The summed E-state index contributed by atoms with van der Waals surface area (Å²) in [5, 5.41) is 19.1. The standard InChI is InChI=1S/C34H43N3O9/c1-19-7-5-8-22(10-12-25-20(2)31(39)44-28(25)27(19)38)15-37-16-24(35-36-37)18-43-33(41)42-17-23-9-6-14-34(4)30(46-34)29-26(13-11-23)21(3)32(40)45-29/h8-9,16,19,25-30,38H,2-3,5-7,10-15,17-18H2,1,4H3/b22-8+,23-9+/t19-,25-,26-,27+,28-,29-,30-,34+/m0/s1. The summed E-state index contributed by atoms with van der Waals surface area (Å²) in [5.41, 5.74) is 3.12. The summed E-state index contributed by atoms with van der Waals surface area (Å²) >= 11 is 0. The van der Waals surface area contributed by atoms with Crippen molar-refractivity contribution in [2.24, 2.45) is 17.8 Å². The Hall–Kier alpha value is -3.77. The van der Waals surface area contributed by atoms with Crippen molar-refractivity contribution in [1.82, 2.24) is 15.0 Å². The number of allylic oxidation sites excluding steroid dienone is 3. The Morgan fingerprint density at radius 2 is 1.65 bits per heavy atom. The van der Waals surface area contributed by atoms with Crippen molar-refractivity contribution < 1.29 is 43.2 Å². The van der Waals surface area contributed by atoms with E-state index in [0.29, 0.717) is 49.1 Å². The Kier molecular flexibility index (Phi) is 9.20. The van der Waals surface area contributed by atoms with Crippen LogP contribution in [0.25, 0.3) is 0 Å². The summed E-state index contributed by atoms with van der Waals surface area (Å²) in [5.74, 6) is -1.18. The Labute approximate surface area is 268 Å². The number of carbonyl (C=O) groups excluding carboxylic acids is 3. The number of esters is 2. The van der Waals surface area contributed by atoms with Crippen LogP contribution >= 0.6 is 0 Å². The van der Waals surface area contributed by atoms with Gasteiger partial charge >= 0.3 is 18.1 Å². The highest BCUT2D eigenvalue weighted by atomic mass is 16.7. The molecule has 1 N–H and O–H groups in total. The molecule has 0 unspecified atom stereocenters. The summed E-state index contributed by atoms with van der Waals surface area (Å²) in [6.45, 7) is 12.4. The van der Waals surface area contributed by atoms with E-state index in [9.17, 15) is 19.5 Å². The number of fused-ring (bicyclic) bond motifs is 4. The lowest BCUT2D eigenvalue weighted by molar-refractivity contribution is -0.146. The van der Waals surface area contributed by atoms with Gasteiger partial charge in [-0.2, -0.15) is 0 Å². The molecule has 0 spiro atoms. The Bertz CT molecular complexity index is 1460. The lowest BCUT2D eigenvalue weighted by atomic mass is 9.82. The molecule has 3 aliphatic heterocycles. The van der Waals surface area contributed by atoms with Crippen LogP contribution in [0.4, 0.5) is 4.79 Å². The minimum absolute atomic E-state index is 0.0300. The third-order valence-corrected chi connectivity index (χ3v) is 10.2. The molecule has 0 bridgehead atoms. The van der Waals surface area contributed by atoms with E-state index < -0.39 is 24.3 Å². The van der Waals surface area contributed by atoms with E-state index in [1.807, 2.05) is 13.8 Å². The van der Waals surface area contributed by atoms with Gasteiger partial charge in [0.1, 0.15) is 37.2 Å². The first-order valence-corrected chi connectivity index (χ1v) is 16.2. The first-order chi connectivity index (χ1) is 22.0. The Morgan fingerprint density at radius 1 is 1.00 bits per heavy atom. The van der Waals surface area contributed by atoms with Crippen LogP contribution in [0.15, 0.2) is 53.8 Å². The molecule has 8 atom stereocenters. The minimum atomic E-state index is -0.804. The van der Waals surface area contributed by atoms with Gasteiger partial charge in [0, 0.05) is 23.0 Å². The summed E-state index contributed by atoms with van der Waals surface area (Å²) in [7, 11) is 0. The first kappa shape index (κ1) is 32.2. The van der Waals surface area contributed by atoms with Crippen molar-refractivity contribution in [2.45, 2.75) is 108 Å². The van der Waals surface area contributed by atoms with Crippen LogP contribution in [-0.4, -0.2) is 74.8 Å². The number of ether oxygens (including phenoxy) is 5. The van der Waals surface area contributed by atoms with E-state index in [0.717, 1.165) is 36.8 Å². The highest BCUT2D eigenvalue weighted by Gasteiger charge is 2.61. The molecule has 0 aromatic carbocycles. The van der Waals surface area contributed by atoms with Crippen molar-refractivity contribution >= 4 is 18.1 Å². The predicted octanol–water partition coefficient (Wildman–Crippen LogP) is 4.28.